The van der Waals surface area contributed by atoms with Gasteiger partial charge in [-0.15, -0.1) is 0 Å². The van der Waals surface area contributed by atoms with Gasteiger partial charge in [0.05, 0.1) is 23.6 Å². The fraction of sp³-hybridized carbons (Fsp3) is 0.364. The second-order valence-electron chi connectivity index (χ2n) is 7.10. The number of ether oxygens (including phenoxy) is 1. The van der Waals surface area contributed by atoms with Gasteiger partial charge in [-0.25, -0.2) is 4.98 Å². The van der Waals surface area contributed by atoms with Crippen LogP contribution in [0, 0.1) is 6.92 Å². The highest BCUT2D eigenvalue weighted by Gasteiger charge is 2.14. The highest BCUT2D eigenvalue weighted by Crippen LogP contribution is 2.27. The molecule has 0 bridgehead atoms. The van der Waals surface area contributed by atoms with E-state index in [2.05, 4.69) is 23.7 Å². The molecule has 0 saturated carbocycles. The van der Waals surface area contributed by atoms with Crippen LogP contribution in [-0.4, -0.2) is 21.5 Å². The van der Waals surface area contributed by atoms with Gasteiger partial charge in [0.2, 0.25) is 5.91 Å². The Labute approximate surface area is 165 Å². The number of amides is 1. The van der Waals surface area contributed by atoms with Gasteiger partial charge < -0.3 is 15.0 Å². The highest BCUT2D eigenvalue weighted by atomic mass is 16.5. The Morgan fingerprint density at radius 2 is 1.93 bits per heavy atom. The summed E-state index contributed by atoms with van der Waals surface area (Å²) in [7, 11) is 0. The zero-order chi connectivity index (χ0) is 20.1. The predicted molar refractivity (Wildman–Crippen MR) is 111 cm³/mol. The summed E-state index contributed by atoms with van der Waals surface area (Å²) in [5.41, 5.74) is 8.49. The molecule has 0 fully saturated rings. The predicted octanol–water partition coefficient (Wildman–Crippen LogP) is 3.90. The van der Waals surface area contributed by atoms with Gasteiger partial charge >= 0.3 is 0 Å². The lowest BCUT2D eigenvalue weighted by atomic mass is 10.2. The van der Waals surface area contributed by atoms with Crippen LogP contribution in [0.3, 0.4) is 0 Å². The smallest absolute Gasteiger partial charge is 0.234 e. The first-order valence-corrected chi connectivity index (χ1v) is 9.74. The third-order valence-electron chi connectivity index (χ3n) is 4.78. The van der Waals surface area contributed by atoms with Gasteiger partial charge in [-0.2, -0.15) is 0 Å². The van der Waals surface area contributed by atoms with Crippen molar-refractivity contribution in [2.24, 2.45) is 5.73 Å². The average molecular weight is 380 g/mol. The van der Waals surface area contributed by atoms with Crippen LogP contribution in [0.15, 0.2) is 42.5 Å². The molecule has 0 aliphatic rings. The van der Waals surface area contributed by atoms with Gasteiger partial charge in [-0.05, 0) is 44.5 Å². The molecule has 3 rings (SSSR count). The zero-order valence-electron chi connectivity index (χ0n) is 16.7. The summed E-state index contributed by atoms with van der Waals surface area (Å²) in [4.78, 5) is 16.1. The van der Waals surface area contributed by atoms with Crippen molar-refractivity contribution < 1.29 is 9.53 Å². The molecule has 0 spiro atoms. The molecule has 0 radical (unpaired) electrons. The van der Waals surface area contributed by atoms with E-state index >= 15 is 0 Å². The van der Waals surface area contributed by atoms with Gasteiger partial charge in [-0.1, -0.05) is 31.0 Å². The Morgan fingerprint density at radius 3 is 2.61 bits per heavy atom. The number of nitrogens with two attached hydrogens (primary N) is 1. The lowest BCUT2D eigenvalue weighted by Gasteiger charge is -2.12. The minimum absolute atomic E-state index is 0.370. The van der Waals surface area contributed by atoms with E-state index in [1.807, 2.05) is 42.5 Å². The second kappa shape index (κ2) is 8.89. The maximum atomic E-state index is 11.3. The maximum Gasteiger partial charge on any atom is 0.234 e. The van der Waals surface area contributed by atoms with Crippen LogP contribution in [0.2, 0.25) is 0 Å². The van der Waals surface area contributed by atoms with E-state index in [9.17, 15) is 4.79 Å². The van der Waals surface area contributed by atoms with Crippen molar-refractivity contribution in [1.29, 1.82) is 0 Å². The van der Waals surface area contributed by atoms with Gasteiger partial charge in [-0.3, -0.25) is 10.1 Å². The third-order valence-corrected chi connectivity index (χ3v) is 4.78. The van der Waals surface area contributed by atoms with Gasteiger partial charge in [0, 0.05) is 12.6 Å². The molecular formula is C22H28N4O2. The van der Waals surface area contributed by atoms with Crippen LogP contribution in [0.4, 0.5) is 0 Å². The lowest BCUT2D eigenvalue weighted by Crippen LogP contribution is -2.38. The number of imidazole rings is 1. The molecule has 1 heterocycles. The number of carbonyl (C=O) groups excluding carboxylic acids is 1. The molecular weight excluding hydrogens is 352 g/mol. The second-order valence-corrected chi connectivity index (χ2v) is 7.10. The Balaban J connectivity index is 1.89. The normalized spacial score (nSPS) is 12.2. The van der Waals surface area contributed by atoms with Crippen LogP contribution >= 0.6 is 0 Å². The zero-order valence-corrected chi connectivity index (χ0v) is 16.7. The van der Waals surface area contributed by atoms with Crippen molar-refractivity contribution in [3.05, 3.63) is 53.9 Å². The first-order valence-electron chi connectivity index (χ1n) is 9.74. The summed E-state index contributed by atoms with van der Waals surface area (Å²) in [5, 5.41) is 3.15. The van der Waals surface area contributed by atoms with Crippen molar-refractivity contribution in [2.75, 3.05) is 0 Å². The number of aryl methyl sites for hydroxylation is 2. The number of nitrogens with one attached hydrogen (secondary N) is 1. The number of primary amides is 1. The molecule has 1 amide bonds. The minimum Gasteiger partial charge on any atom is -0.457 e. The topological polar surface area (TPSA) is 82.2 Å². The van der Waals surface area contributed by atoms with Crippen LogP contribution in [-0.2, 0) is 17.9 Å². The summed E-state index contributed by atoms with van der Waals surface area (Å²) in [6.45, 7) is 7.32. The van der Waals surface area contributed by atoms with E-state index in [1.165, 1.54) is 5.56 Å². The van der Waals surface area contributed by atoms with Crippen LogP contribution in [0.1, 0.15) is 38.1 Å². The Kier molecular flexibility index (Phi) is 6.31. The highest BCUT2D eigenvalue weighted by molar-refractivity contribution is 5.79. The maximum absolute atomic E-state index is 11.3. The first kappa shape index (κ1) is 19.9. The molecule has 148 valence electrons. The molecule has 2 aromatic carbocycles. The number of hydrogen-bond acceptors (Lipinski definition) is 4. The van der Waals surface area contributed by atoms with Crippen molar-refractivity contribution >= 4 is 16.9 Å². The summed E-state index contributed by atoms with van der Waals surface area (Å²) >= 11 is 0. The number of benzene rings is 2. The number of unbranched alkanes of at least 4 members (excludes halogenated alkanes) is 1. The molecule has 6 nitrogen and oxygen atoms in total. The Morgan fingerprint density at radius 1 is 1.21 bits per heavy atom. The minimum atomic E-state index is -0.403. The summed E-state index contributed by atoms with van der Waals surface area (Å²) in [6, 6.07) is 13.5. The lowest BCUT2D eigenvalue weighted by molar-refractivity contribution is -0.119. The molecule has 28 heavy (non-hydrogen) atoms. The Hall–Kier alpha value is -2.86. The van der Waals surface area contributed by atoms with E-state index in [4.69, 9.17) is 15.5 Å². The summed E-state index contributed by atoms with van der Waals surface area (Å²) < 4.78 is 8.22. The Bertz CT molecular complexity index is 947. The SMILES string of the molecule is CCCCn1c(CN[C@@H](C)C(N)=O)nc2ccc(Oc3ccc(C)cc3)cc21. The molecule has 0 unspecified atom stereocenters. The molecule has 3 N–H and O–H groups in total. The first-order chi connectivity index (χ1) is 13.5. The van der Waals surface area contributed by atoms with Crippen molar-refractivity contribution in [2.45, 2.75) is 52.7 Å². The summed E-state index contributed by atoms with van der Waals surface area (Å²) in [5.74, 6) is 2.11. The number of fused-ring (bicyclic) bond motifs is 1. The van der Waals surface area contributed by atoms with E-state index < -0.39 is 6.04 Å². The van der Waals surface area contributed by atoms with E-state index in [1.54, 1.807) is 6.92 Å². The van der Waals surface area contributed by atoms with Crippen molar-refractivity contribution in [3.63, 3.8) is 0 Å². The number of carbonyl (C=O) groups is 1. The van der Waals surface area contributed by atoms with Crippen LogP contribution < -0.4 is 15.8 Å². The quantitative estimate of drug-likeness (QED) is 0.590. The molecule has 0 saturated heterocycles. The molecule has 1 aromatic heterocycles. The third kappa shape index (κ3) is 4.70. The number of rotatable bonds is 9. The van der Waals surface area contributed by atoms with Crippen molar-refractivity contribution in [1.82, 2.24) is 14.9 Å². The number of hydrogen-bond donors (Lipinski definition) is 2. The van der Waals surface area contributed by atoms with Gasteiger partial charge in [0.15, 0.2) is 0 Å². The van der Waals surface area contributed by atoms with E-state index in [0.717, 1.165) is 47.7 Å². The largest absolute Gasteiger partial charge is 0.457 e. The van der Waals surface area contributed by atoms with E-state index in [-0.39, 0.29) is 5.91 Å². The van der Waals surface area contributed by atoms with Crippen molar-refractivity contribution in [3.8, 4) is 11.5 Å². The summed E-state index contributed by atoms with van der Waals surface area (Å²) in [6.07, 6.45) is 2.14. The molecule has 3 aromatic rings. The van der Waals surface area contributed by atoms with Gasteiger partial charge in [0.1, 0.15) is 17.3 Å². The number of nitrogens with zero attached hydrogens (tertiary/aromatic N) is 2. The molecule has 1 atom stereocenters. The average Bonchev–Trinajstić information content (AvgIpc) is 3.03. The van der Waals surface area contributed by atoms with Crippen LogP contribution in [0.5, 0.6) is 11.5 Å². The van der Waals surface area contributed by atoms with E-state index in [0.29, 0.717) is 6.54 Å². The number of aromatic nitrogens is 2. The standard InChI is InChI=1S/C22H28N4O2/c1-4-5-12-26-20-13-18(28-17-8-6-15(2)7-9-17)10-11-19(20)25-21(26)14-24-16(3)22(23)27/h6-11,13,16,24H,4-5,12,14H2,1-3H3,(H2,23,27)/t16-/m0/s1. The van der Waals surface area contributed by atoms with Gasteiger partial charge in [0.25, 0.3) is 0 Å². The molecule has 6 heteroatoms. The fourth-order valence-corrected chi connectivity index (χ4v) is 3.00. The molecule has 0 aliphatic heterocycles. The monoisotopic (exact) mass is 380 g/mol. The fourth-order valence-electron chi connectivity index (χ4n) is 3.00. The van der Waals surface area contributed by atoms with Crippen LogP contribution in [0.25, 0.3) is 11.0 Å². The molecule has 0 aliphatic carbocycles.